The molecule has 0 amide bonds. The van der Waals surface area contributed by atoms with Crippen LogP contribution in [0.4, 0.5) is 0 Å². The van der Waals surface area contributed by atoms with E-state index in [1.807, 2.05) is 36.4 Å². The van der Waals surface area contributed by atoms with Crippen LogP contribution >= 0.6 is 0 Å². The quantitative estimate of drug-likeness (QED) is 0.593. The number of aliphatic carboxylic acids is 1. The van der Waals surface area contributed by atoms with E-state index in [1.54, 1.807) is 0 Å². The molecule has 0 atom stereocenters. The molecule has 3 aromatic rings. The third-order valence-corrected chi connectivity index (χ3v) is 4.35. The first-order chi connectivity index (χ1) is 9.65. The van der Waals surface area contributed by atoms with Crippen LogP contribution < -0.4 is 4.35 Å². The number of benzene rings is 2. The van der Waals surface area contributed by atoms with Gasteiger partial charge in [-0.25, -0.2) is 0 Å². The van der Waals surface area contributed by atoms with Crippen molar-refractivity contribution in [3.05, 3.63) is 48.0 Å². The van der Waals surface area contributed by atoms with E-state index in [9.17, 15) is 4.79 Å². The molecule has 3 rings (SSSR count). The number of carbonyl (C=O) groups is 1. The van der Waals surface area contributed by atoms with Crippen LogP contribution in [0.3, 0.4) is 0 Å². The van der Waals surface area contributed by atoms with Crippen molar-refractivity contribution in [1.29, 1.82) is 0 Å². The number of fused-ring (bicyclic) bond motifs is 2. The Labute approximate surface area is 125 Å². The molecule has 2 radical (unpaired) electrons. The van der Waals surface area contributed by atoms with Gasteiger partial charge in [0.05, 0.1) is 0 Å². The number of aryl methyl sites for hydroxylation is 1. The number of aromatic nitrogens is 1. The summed E-state index contributed by atoms with van der Waals surface area (Å²) in [7, 11) is 0. The third kappa shape index (κ3) is 2.41. The van der Waals surface area contributed by atoms with Gasteiger partial charge in [0.2, 0.25) is 0 Å². The van der Waals surface area contributed by atoms with Gasteiger partial charge in [-0.2, -0.15) is 0 Å². The molecule has 0 bridgehead atoms. The monoisotopic (exact) mass is 325 g/mol. The molecule has 0 fully saturated rings. The number of para-hydroxylation sites is 1. The number of rotatable bonds is 3. The van der Waals surface area contributed by atoms with Crippen LogP contribution in [0.1, 0.15) is 12.0 Å². The van der Waals surface area contributed by atoms with Crippen LogP contribution in [-0.2, 0) is 11.2 Å². The van der Waals surface area contributed by atoms with E-state index in [-0.39, 0.29) is 6.42 Å². The van der Waals surface area contributed by atoms with Crippen molar-refractivity contribution in [3.8, 4) is 0 Å². The van der Waals surface area contributed by atoms with E-state index in [0.29, 0.717) is 6.42 Å². The van der Waals surface area contributed by atoms with Gasteiger partial charge in [-0.05, 0) is 0 Å². The van der Waals surface area contributed by atoms with Gasteiger partial charge in [0.25, 0.3) is 0 Å². The zero-order valence-corrected chi connectivity index (χ0v) is 12.6. The molecule has 0 unspecified atom stereocenters. The van der Waals surface area contributed by atoms with E-state index >= 15 is 0 Å². The molecule has 2 aromatic carbocycles. The van der Waals surface area contributed by atoms with Crippen molar-refractivity contribution in [2.75, 3.05) is 0 Å². The molecule has 98 valence electrons. The minimum absolute atomic E-state index is 0.153. The Morgan fingerprint density at radius 2 is 1.85 bits per heavy atom. The normalized spacial score (nSPS) is 11.1. The Balaban J connectivity index is 2.15. The molecule has 20 heavy (non-hydrogen) atoms. The van der Waals surface area contributed by atoms with E-state index in [0.717, 1.165) is 31.7 Å². The number of carboxylic acids is 1. The van der Waals surface area contributed by atoms with Crippen LogP contribution in [0, 0.1) is 0 Å². The van der Waals surface area contributed by atoms with Crippen molar-refractivity contribution in [1.82, 2.24) is 4.98 Å². The molecule has 1 heterocycles. The molecular weight excluding hydrogens is 313 g/mol. The minimum atomic E-state index is -0.769. The maximum absolute atomic E-state index is 10.7. The van der Waals surface area contributed by atoms with Gasteiger partial charge in [0.15, 0.2) is 0 Å². The standard InChI is InChI=1S/C16H12AsNO2/c17-16-11-3-1-2-4-13(11)18-14-7-5-10(9-12(14)16)6-8-15(19)20/h1-5,7,9H,6,8H2,(H,19,20). The molecule has 1 aromatic heterocycles. The Bertz CT molecular complexity index is 814. The molecule has 0 aliphatic heterocycles. The second kappa shape index (κ2) is 5.26. The van der Waals surface area contributed by atoms with Crippen LogP contribution in [0.5, 0.6) is 0 Å². The van der Waals surface area contributed by atoms with Crippen LogP contribution in [0.2, 0.25) is 0 Å². The summed E-state index contributed by atoms with van der Waals surface area (Å²) in [6.45, 7) is 0. The number of hydrogen-bond acceptors (Lipinski definition) is 2. The molecule has 1 N–H and O–H groups in total. The van der Waals surface area contributed by atoms with Gasteiger partial charge in [-0.15, -0.1) is 0 Å². The van der Waals surface area contributed by atoms with Crippen molar-refractivity contribution in [2.24, 2.45) is 0 Å². The first-order valence-corrected chi connectivity index (χ1v) is 7.31. The average Bonchev–Trinajstić information content (AvgIpc) is 2.46. The fourth-order valence-electron chi connectivity index (χ4n) is 2.32. The number of nitrogens with zero attached hydrogens (tertiary/aromatic N) is 1. The molecular formula is C16H12AsNO2. The fourth-order valence-corrected chi connectivity index (χ4v) is 3.10. The van der Waals surface area contributed by atoms with Crippen molar-refractivity contribution < 1.29 is 9.90 Å². The molecule has 4 heteroatoms. The van der Waals surface area contributed by atoms with Gasteiger partial charge in [-0.3, -0.25) is 0 Å². The van der Waals surface area contributed by atoms with Gasteiger partial charge in [0.1, 0.15) is 0 Å². The predicted octanol–water partition coefficient (Wildman–Crippen LogP) is 2.20. The summed E-state index contributed by atoms with van der Waals surface area (Å²) < 4.78 is 1.13. The number of carboxylic acid groups (broad SMARTS) is 1. The summed E-state index contributed by atoms with van der Waals surface area (Å²) >= 11 is 2.61. The van der Waals surface area contributed by atoms with Crippen LogP contribution in [-0.4, -0.2) is 32.9 Å². The van der Waals surface area contributed by atoms with Gasteiger partial charge in [-0.1, -0.05) is 0 Å². The topological polar surface area (TPSA) is 50.2 Å². The van der Waals surface area contributed by atoms with Crippen LogP contribution in [0.25, 0.3) is 21.8 Å². The summed E-state index contributed by atoms with van der Waals surface area (Å²) in [5, 5.41) is 11.0. The predicted molar refractivity (Wildman–Crippen MR) is 80.6 cm³/mol. The SMILES string of the molecule is O=C(O)CCc1ccc2nc3ccccc3c([As])c2c1. The van der Waals surface area contributed by atoms with Gasteiger partial charge < -0.3 is 0 Å². The molecule has 0 saturated heterocycles. The number of hydrogen-bond donors (Lipinski definition) is 1. The molecule has 0 aliphatic rings. The van der Waals surface area contributed by atoms with E-state index < -0.39 is 5.97 Å². The molecule has 0 aliphatic carbocycles. The third-order valence-electron chi connectivity index (χ3n) is 3.34. The van der Waals surface area contributed by atoms with Crippen LogP contribution in [0.15, 0.2) is 42.5 Å². The number of pyridine rings is 1. The average molecular weight is 325 g/mol. The molecule has 3 nitrogen and oxygen atoms in total. The summed E-state index contributed by atoms with van der Waals surface area (Å²) in [6, 6.07) is 14.0. The Morgan fingerprint density at radius 1 is 1.10 bits per heavy atom. The maximum atomic E-state index is 10.7. The summed E-state index contributed by atoms with van der Waals surface area (Å²) in [4.78, 5) is 15.3. The van der Waals surface area contributed by atoms with Crippen molar-refractivity contribution >= 4 is 49.0 Å². The van der Waals surface area contributed by atoms with Crippen molar-refractivity contribution in [2.45, 2.75) is 12.8 Å². The second-order valence-electron chi connectivity index (χ2n) is 4.72. The molecule has 0 saturated carbocycles. The zero-order valence-electron chi connectivity index (χ0n) is 10.7. The first-order valence-electron chi connectivity index (χ1n) is 6.37. The van der Waals surface area contributed by atoms with Gasteiger partial charge >= 0.3 is 125 Å². The van der Waals surface area contributed by atoms with Gasteiger partial charge in [0, 0.05) is 0 Å². The summed E-state index contributed by atoms with van der Waals surface area (Å²) in [5.41, 5.74) is 2.96. The van der Waals surface area contributed by atoms with Crippen molar-refractivity contribution in [3.63, 3.8) is 0 Å². The zero-order chi connectivity index (χ0) is 14.1. The Kier molecular flexibility index (Phi) is 3.45. The summed E-state index contributed by atoms with van der Waals surface area (Å²) in [5.74, 6) is -0.769. The van der Waals surface area contributed by atoms with E-state index in [2.05, 4.69) is 27.9 Å². The fraction of sp³-hybridized carbons (Fsp3) is 0.125. The Morgan fingerprint density at radius 3 is 2.65 bits per heavy atom. The molecule has 0 spiro atoms. The first kappa shape index (κ1) is 13.1. The Hall–Kier alpha value is -1.86. The summed E-state index contributed by atoms with van der Waals surface area (Å²) in [6.07, 6.45) is 0.699. The van der Waals surface area contributed by atoms with E-state index in [4.69, 9.17) is 5.11 Å². The second-order valence-corrected chi connectivity index (χ2v) is 5.66. The van der Waals surface area contributed by atoms with E-state index in [1.165, 1.54) is 0 Å².